The Balaban J connectivity index is 2.48. The molecule has 9 nitrogen and oxygen atoms in total. The summed E-state index contributed by atoms with van der Waals surface area (Å²) in [6.07, 6.45) is 2.02. The number of rotatable bonds is 8. The minimum Gasteiger partial charge on any atom is -0.481 e. The summed E-state index contributed by atoms with van der Waals surface area (Å²) in [6.45, 7) is -1.90. The van der Waals surface area contributed by atoms with Gasteiger partial charge < -0.3 is 20.7 Å². The van der Waals surface area contributed by atoms with Crippen molar-refractivity contribution in [2.75, 3.05) is 13.2 Å². The van der Waals surface area contributed by atoms with Crippen molar-refractivity contribution < 1.29 is 28.7 Å². The van der Waals surface area contributed by atoms with Crippen molar-refractivity contribution in [2.45, 2.75) is 12.5 Å². The number of aliphatic carboxylic acids is 1. The maximum atomic E-state index is 12.3. The molecule has 1 rings (SSSR count). The van der Waals surface area contributed by atoms with E-state index in [0.717, 1.165) is 0 Å². The summed E-state index contributed by atoms with van der Waals surface area (Å²) in [5.41, 5.74) is 0. The lowest BCUT2D eigenvalue weighted by molar-refractivity contribution is -0.140. The van der Waals surface area contributed by atoms with Crippen LogP contribution in [0.5, 0.6) is 0 Å². The van der Waals surface area contributed by atoms with Gasteiger partial charge in [0, 0.05) is 12.4 Å². The Morgan fingerprint density at radius 1 is 1.38 bits per heavy atom. The van der Waals surface area contributed by atoms with E-state index in [0.29, 0.717) is 0 Å². The molecule has 0 aliphatic heterocycles. The van der Waals surface area contributed by atoms with Crippen molar-refractivity contribution in [3.8, 4) is 0 Å². The zero-order chi connectivity index (χ0) is 15.8. The highest BCUT2D eigenvalue weighted by molar-refractivity contribution is 5.96. The highest BCUT2D eigenvalue weighted by atomic mass is 19.1. The number of hydrogen-bond donors (Lipinski definition) is 4. The largest absolute Gasteiger partial charge is 0.481 e. The number of carbonyl (C=O) groups is 4. The molecule has 1 heterocycles. The lowest BCUT2D eigenvalue weighted by Gasteiger charge is -2.14. The number of nitrogens with one attached hydrogen (secondary N) is 3. The first-order valence-corrected chi connectivity index (χ1v) is 5.81. The molecule has 1 aromatic heterocycles. The quantitative estimate of drug-likeness (QED) is 0.467. The fraction of sp³-hybridized carbons (Fsp3) is 0.364. The molecule has 0 aliphatic rings. The predicted molar refractivity (Wildman–Crippen MR) is 66.1 cm³/mol. The van der Waals surface area contributed by atoms with Crippen molar-refractivity contribution in [1.29, 1.82) is 0 Å². The third-order valence-corrected chi connectivity index (χ3v) is 2.36. The van der Waals surface area contributed by atoms with Crippen LogP contribution in [0.15, 0.2) is 12.4 Å². The minimum atomic E-state index is -1.47. The number of carboxylic acid groups (broad SMARTS) is 1. The van der Waals surface area contributed by atoms with Crippen LogP contribution in [-0.2, 0) is 14.4 Å². The van der Waals surface area contributed by atoms with Gasteiger partial charge in [-0.05, 0) is 0 Å². The third kappa shape index (κ3) is 5.38. The molecule has 1 atom stereocenters. The van der Waals surface area contributed by atoms with E-state index in [1.165, 1.54) is 12.4 Å². The number of ketones is 1. The number of imidazole rings is 1. The van der Waals surface area contributed by atoms with Gasteiger partial charge >= 0.3 is 5.97 Å². The fourth-order valence-electron chi connectivity index (χ4n) is 1.39. The number of Topliss-reactive ketones (excluding diaryl/α,β-unsaturated/α-hetero) is 1. The number of carbonyl (C=O) groups excluding carboxylic acids is 3. The third-order valence-electron chi connectivity index (χ3n) is 2.36. The van der Waals surface area contributed by atoms with E-state index in [2.05, 4.69) is 15.3 Å². The van der Waals surface area contributed by atoms with Gasteiger partial charge in [0.15, 0.2) is 11.6 Å². The molecule has 0 aromatic carbocycles. The Labute approximate surface area is 117 Å². The van der Waals surface area contributed by atoms with Crippen LogP contribution < -0.4 is 10.6 Å². The van der Waals surface area contributed by atoms with Gasteiger partial charge in [-0.15, -0.1) is 0 Å². The number of aromatic amines is 1. The van der Waals surface area contributed by atoms with Crippen molar-refractivity contribution in [3.63, 3.8) is 0 Å². The molecule has 1 aromatic rings. The molecule has 10 heteroatoms. The van der Waals surface area contributed by atoms with Crippen LogP contribution in [0.3, 0.4) is 0 Å². The molecule has 2 amide bonds. The molecule has 0 bridgehead atoms. The molecule has 0 radical (unpaired) electrons. The first kappa shape index (κ1) is 16.3. The van der Waals surface area contributed by atoms with E-state index in [1.54, 1.807) is 0 Å². The lowest BCUT2D eigenvalue weighted by atomic mass is 10.1. The van der Waals surface area contributed by atoms with Crippen LogP contribution in [0, 0.1) is 0 Å². The van der Waals surface area contributed by atoms with E-state index >= 15 is 0 Å². The average molecular weight is 300 g/mol. The van der Waals surface area contributed by atoms with Gasteiger partial charge in [0.2, 0.25) is 5.91 Å². The molecule has 0 spiro atoms. The van der Waals surface area contributed by atoms with Gasteiger partial charge in [0.25, 0.3) is 5.91 Å². The van der Waals surface area contributed by atoms with Gasteiger partial charge in [-0.2, -0.15) is 0 Å². The van der Waals surface area contributed by atoms with Crippen molar-refractivity contribution in [3.05, 3.63) is 18.2 Å². The number of hydrogen-bond acceptors (Lipinski definition) is 5. The summed E-state index contributed by atoms with van der Waals surface area (Å²) >= 11 is 0. The monoisotopic (exact) mass is 300 g/mol. The molecular formula is C11H13FN4O5. The molecular weight excluding hydrogens is 287 g/mol. The number of carboxylic acids is 1. The molecule has 0 fully saturated rings. The second kappa shape index (κ2) is 7.72. The van der Waals surface area contributed by atoms with Gasteiger partial charge in [0.05, 0.1) is 13.0 Å². The summed E-state index contributed by atoms with van der Waals surface area (Å²) in [6, 6.07) is -1.47. The normalized spacial score (nSPS) is 11.5. The zero-order valence-corrected chi connectivity index (χ0v) is 10.8. The number of halogens is 1. The van der Waals surface area contributed by atoms with Crippen LogP contribution in [0.25, 0.3) is 0 Å². The number of amides is 2. The Kier molecular flexibility index (Phi) is 5.99. The second-order valence-corrected chi connectivity index (χ2v) is 3.94. The Bertz CT molecular complexity index is 531. The van der Waals surface area contributed by atoms with Gasteiger partial charge in [-0.3, -0.25) is 19.2 Å². The lowest BCUT2D eigenvalue weighted by Crippen LogP contribution is -2.47. The summed E-state index contributed by atoms with van der Waals surface area (Å²) < 4.78 is 12.3. The van der Waals surface area contributed by atoms with Gasteiger partial charge in [-0.25, -0.2) is 9.37 Å². The molecule has 114 valence electrons. The summed E-state index contributed by atoms with van der Waals surface area (Å²) in [5.74, 6) is -3.89. The maximum Gasteiger partial charge on any atom is 0.305 e. The van der Waals surface area contributed by atoms with Crippen molar-refractivity contribution in [2.24, 2.45) is 0 Å². The van der Waals surface area contributed by atoms with Gasteiger partial charge in [0.1, 0.15) is 12.7 Å². The number of nitrogens with zero attached hydrogens (tertiary/aromatic N) is 1. The minimum absolute atomic E-state index is 0.00952. The van der Waals surface area contributed by atoms with Crippen molar-refractivity contribution in [1.82, 2.24) is 20.6 Å². The molecule has 4 N–H and O–H groups in total. The topological polar surface area (TPSA) is 141 Å². The van der Waals surface area contributed by atoms with Crippen molar-refractivity contribution >= 4 is 23.6 Å². The maximum absolute atomic E-state index is 12.3. The van der Waals surface area contributed by atoms with Crippen LogP contribution in [0.2, 0.25) is 0 Å². The summed E-state index contributed by atoms with van der Waals surface area (Å²) in [5, 5.41) is 12.8. The number of aromatic nitrogens is 2. The average Bonchev–Trinajstić information content (AvgIpc) is 2.96. The first-order chi connectivity index (χ1) is 9.93. The second-order valence-electron chi connectivity index (χ2n) is 3.94. The molecule has 0 saturated carbocycles. The van der Waals surface area contributed by atoms with E-state index in [1.807, 2.05) is 5.32 Å². The molecule has 0 aliphatic carbocycles. The summed E-state index contributed by atoms with van der Waals surface area (Å²) in [7, 11) is 0. The van der Waals surface area contributed by atoms with Crippen LogP contribution in [0.4, 0.5) is 4.39 Å². The van der Waals surface area contributed by atoms with Crippen LogP contribution >= 0.6 is 0 Å². The van der Waals surface area contributed by atoms with Crippen LogP contribution in [0.1, 0.15) is 17.0 Å². The summed E-state index contributed by atoms with van der Waals surface area (Å²) in [4.78, 5) is 50.8. The number of H-pyrrole nitrogens is 1. The fourth-order valence-corrected chi connectivity index (χ4v) is 1.39. The first-order valence-electron chi connectivity index (χ1n) is 5.81. The Morgan fingerprint density at radius 3 is 2.62 bits per heavy atom. The van der Waals surface area contributed by atoms with E-state index in [9.17, 15) is 23.6 Å². The smallest absolute Gasteiger partial charge is 0.305 e. The van der Waals surface area contributed by atoms with Crippen LogP contribution in [-0.4, -0.2) is 57.9 Å². The highest BCUT2D eigenvalue weighted by Crippen LogP contribution is 1.96. The standard InChI is InChI=1S/C11H13FN4O5/c12-4-7(17)6(3-9(19)20)16-8(18)5-15-11(21)10-13-1-2-14-10/h1-2,6H,3-5H2,(H,13,14)(H,15,21)(H,16,18)(H,19,20). The zero-order valence-electron chi connectivity index (χ0n) is 10.8. The van der Waals surface area contributed by atoms with E-state index in [-0.39, 0.29) is 5.82 Å². The Hall–Kier alpha value is -2.78. The predicted octanol–water partition coefficient (Wildman–Crippen LogP) is -1.36. The van der Waals surface area contributed by atoms with E-state index < -0.39 is 49.2 Å². The van der Waals surface area contributed by atoms with E-state index in [4.69, 9.17) is 5.11 Å². The molecule has 1 unspecified atom stereocenters. The SMILES string of the molecule is O=C(O)CC(NC(=O)CNC(=O)c1ncc[nH]1)C(=O)CF. The molecule has 0 saturated heterocycles. The molecule has 21 heavy (non-hydrogen) atoms. The van der Waals surface area contributed by atoms with Gasteiger partial charge in [-0.1, -0.05) is 0 Å². The number of alkyl halides is 1. The highest BCUT2D eigenvalue weighted by Gasteiger charge is 2.23. The Morgan fingerprint density at radius 2 is 2.10 bits per heavy atom.